The molecule has 4 heteroatoms. The van der Waals surface area contributed by atoms with Gasteiger partial charge in [-0.15, -0.1) is 0 Å². The fourth-order valence-corrected chi connectivity index (χ4v) is 7.50. The molecule has 0 aromatic carbocycles. The van der Waals surface area contributed by atoms with Gasteiger partial charge < -0.3 is 14.9 Å². The first kappa shape index (κ1) is 16.8. The third-order valence-corrected chi connectivity index (χ3v) is 8.50. The molecule has 0 radical (unpaired) electrons. The zero-order chi connectivity index (χ0) is 18.5. The highest BCUT2D eigenvalue weighted by atomic mass is 16.6. The Balaban J connectivity index is 1.61. The van der Waals surface area contributed by atoms with Gasteiger partial charge in [-0.05, 0) is 73.5 Å². The third kappa shape index (κ3) is 1.71. The van der Waals surface area contributed by atoms with Crippen molar-refractivity contribution in [3.63, 3.8) is 0 Å². The molecule has 2 unspecified atom stereocenters. The molecule has 4 nitrogen and oxygen atoms in total. The normalized spacial score (nSPS) is 53.2. The minimum absolute atomic E-state index is 0.0951. The average molecular weight is 356 g/mol. The van der Waals surface area contributed by atoms with E-state index in [1.807, 2.05) is 6.08 Å². The minimum atomic E-state index is -0.279. The van der Waals surface area contributed by atoms with E-state index in [-0.39, 0.29) is 40.7 Å². The lowest BCUT2D eigenvalue weighted by molar-refractivity contribution is -0.111. The number of carbonyl (C=O) groups excluding carboxylic acids is 1. The monoisotopic (exact) mass is 356 g/mol. The molecular weight excluding hydrogens is 328 g/mol. The van der Waals surface area contributed by atoms with Crippen molar-refractivity contribution < 1.29 is 19.7 Å². The van der Waals surface area contributed by atoms with Crippen molar-refractivity contribution in [1.29, 1.82) is 0 Å². The van der Waals surface area contributed by atoms with Gasteiger partial charge in [0.05, 0.1) is 6.10 Å². The van der Waals surface area contributed by atoms with Crippen LogP contribution in [0.3, 0.4) is 0 Å². The Morgan fingerprint density at radius 3 is 2.85 bits per heavy atom. The first-order chi connectivity index (χ1) is 12.3. The van der Waals surface area contributed by atoms with E-state index in [0.717, 1.165) is 31.3 Å². The first-order valence-corrected chi connectivity index (χ1v) is 9.93. The van der Waals surface area contributed by atoms with Crippen LogP contribution >= 0.6 is 0 Å². The van der Waals surface area contributed by atoms with E-state index in [2.05, 4.69) is 26.8 Å². The standard InChI is InChI=1S/C22H28O4/c1-12-8-16-15-5-4-13-9-14(24)6-7-21(13,3)22(15)18(26-22)10-20(16,2)19(12)17(25)11-23/h6-7,9,12,15-16,18,23,25H,4-5,8,10-11H2,1-3H3/t12?,15-,16-,18?,20-,21-,22-/m0/s1. The van der Waals surface area contributed by atoms with Gasteiger partial charge in [0.25, 0.3) is 0 Å². The summed E-state index contributed by atoms with van der Waals surface area (Å²) >= 11 is 0. The van der Waals surface area contributed by atoms with Crippen LogP contribution in [0.15, 0.2) is 35.1 Å². The molecule has 0 amide bonds. The van der Waals surface area contributed by atoms with Crippen molar-refractivity contribution in [3.05, 3.63) is 35.1 Å². The van der Waals surface area contributed by atoms with E-state index in [1.54, 1.807) is 6.08 Å². The molecule has 1 saturated heterocycles. The number of hydrogen-bond acceptors (Lipinski definition) is 4. The summed E-state index contributed by atoms with van der Waals surface area (Å²) in [6.07, 6.45) is 9.72. The first-order valence-electron chi connectivity index (χ1n) is 9.93. The Bertz CT molecular complexity index is 792. The average Bonchev–Trinajstić information content (AvgIpc) is 3.24. The molecule has 0 aromatic rings. The molecule has 4 fully saturated rings. The second kappa shape index (κ2) is 4.90. The quantitative estimate of drug-likeness (QED) is 0.557. The van der Waals surface area contributed by atoms with E-state index in [1.165, 1.54) is 5.57 Å². The summed E-state index contributed by atoms with van der Waals surface area (Å²) in [5.74, 6) is 1.43. The molecule has 4 aliphatic carbocycles. The Labute approximate surface area is 154 Å². The van der Waals surface area contributed by atoms with Gasteiger partial charge in [-0.1, -0.05) is 25.5 Å². The van der Waals surface area contributed by atoms with Crippen LogP contribution < -0.4 is 0 Å². The molecule has 140 valence electrons. The Kier molecular flexibility index (Phi) is 3.16. The van der Waals surface area contributed by atoms with Crippen molar-refractivity contribution in [2.45, 2.75) is 58.2 Å². The third-order valence-electron chi connectivity index (χ3n) is 8.50. The van der Waals surface area contributed by atoms with Gasteiger partial charge in [-0.3, -0.25) is 4.79 Å². The van der Waals surface area contributed by atoms with E-state index >= 15 is 0 Å². The zero-order valence-corrected chi connectivity index (χ0v) is 15.8. The van der Waals surface area contributed by atoms with Gasteiger partial charge >= 0.3 is 0 Å². The highest BCUT2D eigenvalue weighted by Gasteiger charge is 2.78. The van der Waals surface area contributed by atoms with Crippen molar-refractivity contribution >= 4 is 5.78 Å². The van der Waals surface area contributed by atoms with Crippen molar-refractivity contribution in [2.75, 3.05) is 6.61 Å². The lowest BCUT2D eigenvalue weighted by atomic mass is 9.48. The predicted molar refractivity (Wildman–Crippen MR) is 97.4 cm³/mol. The number of fused-ring (bicyclic) bond motifs is 3. The number of ketones is 1. The van der Waals surface area contributed by atoms with Crippen LogP contribution in [0, 0.1) is 28.6 Å². The van der Waals surface area contributed by atoms with E-state index in [0.29, 0.717) is 17.8 Å². The summed E-state index contributed by atoms with van der Waals surface area (Å²) in [4.78, 5) is 11.9. The summed E-state index contributed by atoms with van der Waals surface area (Å²) in [6.45, 7) is 6.41. The summed E-state index contributed by atoms with van der Waals surface area (Å²) in [6, 6.07) is 0. The number of aliphatic hydroxyl groups excluding tert-OH is 2. The number of rotatable bonds is 1. The SMILES string of the molecule is CC1C[C@H]2[C@@H]3CCC4=CC(=O)C=C[C@]4(C)[C@]34OC4C[C@]2(C)C1=C(O)CO. The summed E-state index contributed by atoms with van der Waals surface area (Å²) in [5, 5.41) is 20.0. The van der Waals surface area contributed by atoms with Crippen LogP contribution in [-0.2, 0) is 9.53 Å². The molecule has 1 spiro atoms. The highest BCUT2D eigenvalue weighted by molar-refractivity contribution is 6.01. The summed E-state index contributed by atoms with van der Waals surface area (Å²) in [5.41, 5.74) is 1.79. The second-order valence-corrected chi connectivity index (χ2v) is 9.54. The van der Waals surface area contributed by atoms with Crippen molar-refractivity contribution in [2.24, 2.45) is 28.6 Å². The maximum atomic E-state index is 11.9. The smallest absolute Gasteiger partial charge is 0.178 e. The molecule has 2 N–H and O–H groups in total. The van der Waals surface area contributed by atoms with Gasteiger partial charge in [0, 0.05) is 5.41 Å². The molecule has 0 aromatic heterocycles. The van der Waals surface area contributed by atoms with Gasteiger partial charge in [0.15, 0.2) is 5.78 Å². The largest absolute Gasteiger partial charge is 0.510 e. The van der Waals surface area contributed by atoms with E-state index < -0.39 is 0 Å². The second-order valence-electron chi connectivity index (χ2n) is 9.54. The lowest BCUT2D eigenvalue weighted by Crippen LogP contribution is -2.56. The molecule has 7 atom stereocenters. The fourth-order valence-electron chi connectivity index (χ4n) is 7.50. The number of carbonyl (C=O) groups is 1. The van der Waals surface area contributed by atoms with Crippen LogP contribution in [0.25, 0.3) is 0 Å². The molecule has 3 saturated carbocycles. The summed E-state index contributed by atoms with van der Waals surface area (Å²) in [7, 11) is 0. The maximum Gasteiger partial charge on any atom is 0.178 e. The molecule has 1 heterocycles. The molecule has 0 bridgehead atoms. The number of allylic oxidation sites excluding steroid dienone is 3. The molecule has 5 rings (SSSR count). The van der Waals surface area contributed by atoms with E-state index in [4.69, 9.17) is 4.74 Å². The molecular formula is C22H28O4. The topological polar surface area (TPSA) is 70.1 Å². The molecule has 26 heavy (non-hydrogen) atoms. The maximum absolute atomic E-state index is 11.9. The predicted octanol–water partition coefficient (Wildman–Crippen LogP) is 3.48. The van der Waals surface area contributed by atoms with Crippen LogP contribution in [0.1, 0.15) is 46.5 Å². The van der Waals surface area contributed by atoms with Crippen molar-refractivity contribution in [3.8, 4) is 0 Å². The number of ether oxygens (including phenoxy) is 1. The van der Waals surface area contributed by atoms with Gasteiger partial charge in [0.2, 0.25) is 0 Å². The Morgan fingerprint density at radius 2 is 2.12 bits per heavy atom. The Morgan fingerprint density at radius 1 is 1.35 bits per heavy atom. The van der Waals surface area contributed by atoms with E-state index in [9.17, 15) is 15.0 Å². The van der Waals surface area contributed by atoms with Gasteiger partial charge in [-0.25, -0.2) is 0 Å². The number of epoxide rings is 1. The van der Waals surface area contributed by atoms with Crippen LogP contribution in [-0.4, -0.2) is 34.3 Å². The molecule has 1 aliphatic heterocycles. The highest BCUT2D eigenvalue weighted by Crippen LogP contribution is 2.75. The minimum Gasteiger partial charge on any atom is -0.510 e. The van der Waals surface area contributed by atoms with Gasteiger partial charge in [-0.2, -0.15) is 0 Å². The number of aliphatic hydroxyl groups is 2. The number of hydrogen-bond donors (Lipinski definition) is 2. The zero-order valence-electron chi connectivity index (χ0n) is 15.8. The fraction of sp³-hybridized carbons (Fsp3) is 0.682. The van der Waals surface area contributed by atoms with Crippen LogP contribution in [0.2, 0.25) is 0 Å². The summed E-state index contributed by atoms with van der Waals surface area (Å²) < 4.78 is 6.51. The molecule has 5 aliphatic rings. The van der Waals surface area contributed by atoms with Crippen molar-refractivity contribution in [1.82, 2.24) is 0 Å². The lowest BCUT2D eigenvalue weighted by Gasteiger charge is -2.53. The Hall–Kier alpha value is -1.39. The van der Waals surface area contributed by atoms with Crippen LogP contribution in [0.4, 0.5) is 0 Å². The van der Waals surface area contributed by atoms with Gasteiger partial charge in [0.1, 0.15) is 18.0 Å². The van der Waals surface area contributed by atoms with Crippen LogP contribution in [0.5, 0.6) is 0 Å².